The van der Waals surface area contributed by atoms with Gasteiger partial charge in [0.05, 0.1) is 12.0 Å². The molecule has 4 rings (SSSR count). The molecule has 2 heteroatoms. The summed E-state index contributed by atoms with van der Waals surface area (Å²) in [7, 11) is 0. The van der Waals surface area contributed by atoms with Crippen LogP contribution >= 0.6 is 0 Å². The van der Waals surface area contributed by atoms with Gasteiger partial charge in [-0.15, -0.1) is 0 Å². The van der Waals surface area contributed by atoms with Gasteiger partial charge in [-0.3, -0.25) is 0 Å². The van der Waals surface area contributed by atoms with E-state index in [0.717, 1.165) is 28.3 Å². The zero-order chi connectivity index (χ0) is 17.2. The zero-order valence-electron chi connectivity index (χ0n) is 14.4. The van der Waals surface area contributed by atoms with E-state index in [1.807, 2.05) is 12.1 Å². The van der Waals surface area contributed by atoms with Crippen molar-refractivity contribution in [2.75, 3.05) is 0 Å². The molecule has 0 aliphatic rings. The normalized spacial score (nSPS) is 10.8. The van der Waals surface area contributed by atoms with Crippen molar-refractivity contribution in [3.8, 4) is 33.8 Å². The summed E-state index contributed by atoms with van der Waals surface area (Å²) in [6.07, 6.45) is 1.68. The Morgan fingerprint density at radius 3 is 1.84 bits per heavy atom. The highest BCUT2D eigenvalue weighted by Crippen LogP contribution is 2.30. The summed E-state index contributed by atoms with van der Waals surface area (Å²) in [5, 5.41) is 0. The van der Waals surface area contributed by atoms with E-state index >= 15 is 0 Å². The molecular formula is C23H19NO. The van der Waals surface area contributed by atoms with Gasteiger partial charge in [0.2, 0.25) is 0 Å². The van der Waals surface area contributed by atoms with Gasteiger partial charge in [0.1, 0.15) is 5.69 Å². The molecule has 0 aliphatic heterocycles. The Balaban J connectivity index is 1.88. The maximum absolute atomic E-state index is 5.58. The van der Waals surface area contributed by atoms with Crippen LogP contribution in [0.4, 0.5) is 0 Å². The second-order valence-electron chi connectivity index (χ2n) is 6.34. The quantitative estimate of drug-likeness (QED) is 0.442. The monoisotopic (exact) mass is 325 g/mol. The molecule has 0 spiro atoms. The lowest BCUT2D eigenvalue weighted by atomic mass is 10.0. The number of furan rings is 1. The summed E-state index contributed by atoms with van der Waals surface area (Å²) in [5.74, 6) is 0.780. The average Bonchev–Trinajstić information content (AvgIpc) is 3.17. The van der Waals surface area contributed by atoms with E-state index in [2.05, 4.69) is 74.5 Å². The number of benzene rings is 2. The van der Waals surface area contributed by atoms with Crippen molar-refractivity contribution >= 4 is 0 Å². The summed E-state index contributed by atoms with van der Waals surface area (Å²) < 4.78 is 5.58. The lowest BCUT2D eigenvalue weighted by Gasteiger charge is -2.09. The molecule has 0 saturated carbocycles. The molecular weight excluding hydrogens is 306 g/mol. The van der Waals surface area contributed by atoms with Crippen molar-refractivity contribution in [1.82, 2.24) is 4.98 Å². The Morgan fingerprint density at radius 1 is 0.640 bits per heavy atom. The van der Waals surface area contributed by atoms with Gasteiger partial charge in [-0.1, -0.05) is 59.7 Å². The highest BCUT2D eigenvalue weighted by molar-refractivity contribution is 5.75. The predicted octanol–water partition coefficient (Wildman–Crippen LogP) is 6.29. The highest BCUT2D eigenvalue weighted by Gasteiger charge is 2.10. The van der Waals surface area contributed by atoms with E-state index in [0.29, 0.717) is 0 Å². The van der Waals surface area contributed by atoms with Gasteiger partial charge in [-0.05, 0) is 49.2 Å². The number of pyridine rings is 1. The minimum atomic E-state index is 0.780. The Labute approximate surface area is 147 Å². The van der Waals surface area contributed by atoms with E-state index in [9.17, 15) is 0 Å². The van der Waals surface area contributed by atoms with Crippen LogP contribution in [0.1, 0.15) is 11.1 Å². The Hall–Kier alpha value is -3.13. The number of nitrogens with zero attached hydrogens (tertiary/aromatic N) is 1. The molecule has 2 aromatic carbocycles. The second-order valence-corrected chi connectivity index (χ2v) is 6.34. The van der Waals surface area contributed by atoms with Gasteiger partial charge in [0.15, 0.2) is 5.76 Å². The maximum atomic E-state index is 5.58. The van der Waals surface area contributed by atoms with Crippen LogP contribution in [0.5, 0.6) is 0 Å². The highest BCUT2D eigenvalue weighted by atomic mass is 16.3. The Morgan fingerprint density at radius 2 is 1.24 bits per heavy atom. The van der Waals surface area contributed by atoms with Gasteiger partial charge in [-0.2, -0.15) is 0 Å². The SMILES string of the molecule is Cc1ccc(-c2cc(-c3ccc(C)cc3)nc(-c3ccco3)c2)cc1. The summed E-state index contributed by atoms with van der Waals surface area (Å²) in [6.45, 7) is 4.19. The van der Waals surface area contributed by atoms with E-state index in [-0.39, 0.29) is 0 Å². The van der Waals surface area contributed by atoms with Crippen molar-refractivity contribution in [2.45, 2.75) is 13.8 Å². The van der Waals surface area contributed by atoms with E-state index in [4.69, 9.17) is 9.40 Å². The Kier molecular flexibility index (Phi) is 3.95. The molecule has 0 radical (unpaired) electrons. The molecule has 2 aromatic heterocycles. The molecule has 122 valence electrons. The fourth-order valence-corrected chi connectivity index (χ4v) is 2.87. The molecule has 0 N–H and O–H groups in total. The van der Waals surface area contributed by atoms with E-state index in [1.54, 1.807) is 6.26 Å². The second kappa shape index (κ2) is 6.40. The summed E-state index contributed by atoms with van der Waals surface area (Å²) in [4.78, 5) is 4.83. The van der Waals surface area contributed by atoms with Crippen LogP contribution in [0.3, 0.4) is 0 Å². The topological polar surface area (TPSA) is 26.0 Å². The van der Waals surface area contributed by atoms with Gasteiger partial charge < -0.3 is 4.42 Å². The summed E-state index contributed by atoms with van der Waals surface area (Å²) in [6, 6.07) is 25.1. The number of rotatable bonds is 3. The molecule has 0 saturated heterocycles. The van der Waals surface area contributed by atoms with Crippen LogP contribution in [-0.4, -0.2) is 4.98 Å². The van der Waals surface area contributed by atoms with Gasteiger partial charge in [-0.25, -0.2) is 4.98 Å². The van der Waals surface area contributed by atoms with Gasteiger partial charge in [0.25, 0.3) is 0 Å². The first-order valence-corrected chi connectivity index (χ1v) is 8.39. The first-order chi connectivity index (χ1) is 12.2. The van der Waals surface area contributed by atoms with Crippen molar-refractivity contribution in [2.24, 2.45) is 0 Å². The molecule has 4 aromatic rings. The van der Waals surface area contributed by atoms with Crippen LogP contribution in [0.2, 0.25) is 0 Å². The molecule has 0 unspecified atom stereocenters. The van der Waals surface area contributed by atoms with Crippen LogP contribution in [-0.2, 0) is 0 Å². The van der Waals surface area contributed by atoms with Gasteiger partial charge >= 0.3 is 0 Å². The van der Waals surface area contributed by atoms with Gasteiger partial charge in [0, 0.05) is 5.56 Å². The van der Waals surface area contributed by atoms with Crippen molar-refractivity contribution in [3.63, 3.8) is 0 Å². The first kappa shape index (κ1) is 15.4. The number of aryl methyl sites for hydroxylation is 2. The van der Waals surface area contributed by atoms with Crippen molar-refractivity contribution in [3.05, 3.63) is 90.2 Å². The number of hydrogen-bond acceptors (Lipinski definition) is 2. The number of aromatic nitrogens is 1. The minimum absolute atomic E-state index is 0.780. The number of hydrogen-bond donors (Lipinski definition) is 0. The predicted molar refractivity (Wildman–Crippen MR) is 102 cm³/mol. The summed E-state index contributed by atoms with van der Waals surface area (Å²) >= 11 is 0. The molecule has 2 heterocycles. The third-order valence-electron chi connectivity index (χ3n) is 4.33. The summed E-state index contributed by atoms with van der Waals surface area (Å²) in [5.41, 5.74) is 7.70. The third-order valence-corrected chi connectivity index (χ3v) is 4.33. The molecule has 25 heavy (non-hydrogen) atoms. The van der Waals surface area contributed by atoms with Crippen LogP contribution in [0.15, 0.2) is 83.5 Å². The molecule has 0 amide bonds. The lowest BCUT2D eigenvalue weighted by molar-refractivity contribution is 0.580. The first-order valence-electron chi connectivity index (χ1n) is 8.39. The third kappa shape index (κ3) is 3.24. The van der Waals surface area contributed by atoms with E-state index < -0.39 is 0 Å². The van der Waals surface area contributed by atoms with Crippen LogP contribution in [0.25, 0.3) is 33.8 Å². The van der Waals surface area contributed by atoms with Crippen molar-refractivity contribution < 1.29 is 4.42 Å². The van der Waals surface area contributed by atoms with E-state index in [1.165, 1.54) is 16.7 Å². The van der Waals surface area contributed by atoms with Crippen LogP contribution in [0, 0.1) is 13.8 Å². The van der Waals surface area contributed by atoms with Crippen LogP contribution < -0.4 is 0 Å². The molecule has 0 aliphatic carbocycles. The molecule has 0 atom stereocenters. The standard InChI is InChI=1S/C23H19NO/c1-16-5-9-18(10-6-16)20-14-21(19-11-7-17(2)8-12-19)24-22(15-20)23-4-3-13-25-23/h3-15H,1-2H3. The maximum Gasteiger partial charge on any atom is 0.152 e. The Bertz CT molecular complexity index is 918. The van der Waals surface area contributed by atoms with Crippen molar-refractivity contribution in [1.29, 1.82) is 0 Å². The molecule has 0 fully saturated rings. The average molecular weight is 325 g/mol. The zero-order valence-corrected chi connectivity index (χ0v) is 14.4. The minimum Gasteiger partial charge on any atom is -0.463 e. The smallest absolute Gasteiger partial charge is 0.152 e. The fraction of sp³-hybridized carbons (Fsp3) is 0.0870. The lowest BCUT2D eigenvalue weighted by Crippen LogP contribution is -1.90. The fourth-order valence-electron chi connectivity index (χ4n) is 2.87. The molecule has 2 nitrogen and oxygen atoms in total. The molecule has 0 bridgehead atoms. The largest absolute Gasteiger partial charge is 0.463 e.